The van der Waals surface area contributed by atoms with Gasteiger partial charge in [0.1, 0.15) is 0 Å². The molecule has 2 rings (SSSR count). The van der Waals surface area contributed by atoms with Gasteiger partial charge in [0.2, 0.25) is 0 Å². The monoisotopic (exact) mass is 225 g/mol. The maximum absolute atomic E-state index is 5.55. The molecule has 0 bridgehead atoms. The predicted molar refractivity (Wildman–Crippen MR) is 64.1 cm³/mol. The quantitative estimate of drug-likeness (QED) is 0.846. The number of hydrogen-bond acceptors (Lipinski definition) is 4. The fourth-order valence-corrected chi connectivity index (χ4v) is 3.10. The van der Waals surface area contributed by atoms with Gasteiger partial charge in [-0.05, 0) is 20.4 Å². The summed E-state index contributed by atoms with van der Waals surface area (Å²) in [6.45, 7) is 7.45. The van der Waals surface area contributed by atoms with E-state index in [1.165, 1.54) is 15.6 Å². The van der Waals surface area contributed by atoms with E-state index in [4.69, 9.17) is 5.73 Å². The average molecular weight is 225 g/mol. The third-order valence-corrected chi connectivity index (χ3v) is 4.04. The molecule has 1 aromatic heterocycles. The van der Waals surface area contributed by atoms with Crippen molar-refractivity contribution in [2.24, 2.45) is 5.73 Å². The number of rotatable bonds is 3. The number of aromatic nitrogens is 1. The Kier molecular flexibility index (Phi) is 3.38. The first-order chi connectivity index (χ1) is 7.20. The first-order valence-electron chi connectivity index (χ1n) is 5.62. The highest BCUT2D eigenvalue weighted by Gasteiger charge is 2.21. The van der Waals surface area contributed by atoms with Crippen molar-refractivity contribution in [3.63, 3.8) is 0 Å². The van der Waals surface area contributed by atoms with Gasteiger partial charge >= 0.3 is 0 Å². The summed E-state index contributed by atoms with van der Waals surface area (Å²) >= 11 is 1.85. The SMILES string of the molecule is CC(C)N1CCc2nc(CCN)sc2C1. The molecule has 1 aromatic rings. The Hall–Kier alpha value is -0.450. The summed E-state index contributed by atoms with van der Waals surface area (Å²) in [4.78, 5) is 8.61. The van der Waals surface area contributed by atoms with Crippen molar-refractivity contribution in [2.45, 2.75) is 39.3 Å². The van der Waals surface area contributed by atoms with Gasteiger partial charge in [0.25, 0.3) is 0 Å². The zero-order chi connectivity index (χ0) is 10.8. The molecule has 2 heterocycles. The fourth-order valence-electron chi connectivity index (χ4n) is 1.94. The molecule has 0 aromatic carbocycles. The smallest absolute Gasteiger partial charge is 0.0944 e. The summed E-state index contributed by atoms with van der Waals surface area (Å²) in [5.74, 6) is 0. The number of thiazole rings is 1. The highest BCUT2D eigenvalue weighted by Crippen LogP contribution is 2.26. The molecule has 0 radical (unpaired) electrons. The molecule has 0 atom stereocenters. The molecule has 0 saturated heterocycles. The average Bonchev–Trinajstić information content (AvgIpc) is 2.59. The van der Waals surface area contributed by atoms with E-state index in [1.807, 2.05) is 11.3 Å². The molecule has 0 fully saturated rings. The zero-order valence-corrected chi connectivity index (χ0v) is 10.3. The lowest BCUT2D eigenvalue weighted by atomic mass is 10.1. The molecule has 1 aliphatic heterocycles. The molecular formula is C11H19N3S. The Morgan fingerprint density at radius 2 is 2.33 bits per heavy atom. The van der Waals surface area contributed by atoms with Crippen LogP contribution in [0.3, 0.4) is 0 Å². The van der Waals surface area contributed by atoms with E-state index in [0.29, 0.717) is 12.6 Å². The second-order valence-electron chi connectivity index (χ2n) is 4.33. The summed E-state index contributed by atoms with van der Waals surface area (Å²) in [6.07, 6.45) is 2.04. The van der Waals surface area contributed by atoms with Crippen LogP contribution in [-0.2, 0) is 19.4 Å². The van der Waals surface area contributed by atoms with E-state index in [0.717, 1.165) is 25.9 Å². The zero-order valence-electron chi connectivity index (χ0n) is 9.49. The number of hydrogen-bond donors (Lipinski definition) is 1. The first-order valence-corrected chi connectivity index (χ1v) is 6.44. The summed E-state index contributed by atoms with van der Waals surface area (Å²) in [5.41, 5.74) is 6.87. The second kappa shape index (κ2) is 4.60. The van der Waals surface area contributed by atoms with Crippen LogP contribution in [-0.4, -0.2) is 29.0 Å². The Balaban J connectivity index is 2.12. The lowest BCUT2D eigenvalue weighted by Crippen LogP contribution is -2.35. The Bertz CT molecular complexity index is 333. The van der Waals surface area contributed by atoms with Crippen LogP contribution in [0.1, 0.15) is 29.4 Å². The first kappa shape index (κ1) is 11.0. The van der Waals surface area contributed by atoms with Gasteiger partial charge in [-0.2, -0.15) is 0 Å². The summed E-state index contributed by atoms with van der Waals surface area (Å²) in [5, 5.41) is 1.22. The number of nitrogens with two attached hydrogens (primary N) is 1. The van der Waals surface area contributed by atoms with Gasteiger partial charge in [-0.1, -0.05) is 0 Å². The van der Waals surface area contributed by atoms with E-state index >= 15 is 0 Å². The molecule has 15 heavy (non-hydrogen) atoms. The van der Waals surface area contributed by atoms with Gasteiger partial charge in [-0.25, -0.2) is 4.98 Å². The molecular weight excluding hydrogens is 206 g/mol. The molecule has 0 unspecified atom stereocenters. The molecule has 4 heteroatoms. The summed E-state index contributed by atoms with van der Waals surface area (Å²) in [6, 6.07) is 0.637. The summed E-state index contributed by atoms with van der Waals surface area (Å²) < 4.78 is 0. The van der Waals surface area contributed by atoms with E-state index in [-0.39, 0.29) is 0 Å². The molecule has 3 nitrogen and oxygen atoms in total. The van der Waals surface area contributed by atoms with E-state index in [9.17, 15) is 0 Å². The van der Waals surface area contributed by atoms with E-state index < -0.39 is 0 Å². The molecule has 84 valence electrons. The Morgan fingerprint density at radius 3 is 3.00 bits per heavy atom. The van der Waals surface area contributed by atoms with Crippen LogP contribution in [0.2, 0.25) is 0 Å². The Labute approximate surface area is 95.3 Å². The lowest BCUT2D eigenvalue weighted by Gasteiger charge is -2.29. The van der Waals surface area contributed by atoms with Crippen molar-refractivity contribution < 1.29 is 0 Å². The van der Waals surface area contributed by atoms with Crippen molar-refractivity contribution >= 4 is 11.3 Å². The van der Waals surface area contributed by atoms with Gasteiger partial charge in [0.15, 0.2) is 0 Å². The third-order valence-electron chi connectivity index (χ3n) is 2.89. The van der Waals surface area contributed by atoms with Gasteiger partial charge in [-0.3, -0.25) is 4.90 Å². The maximum atomic E-state index is 5.55. The predicted octanol–water partition coefficient (Wildman–Crippen LogP) is 1.41. The van der Waals surface area contributed by atoms with Crippen molar-refractivity contribution in [2.75, 3.05) is 13.1 Å². The van der Waals surface area contributed by atoms with Crippen LogP contribution >= 0.6 is 11.3 Å². The van der Waals surface area contributed by atoms with E-state index in [1.54, 1.807) is 0 Å². The number of fused-ring (bicyclic) bond motifs is 1. The standard InChI is InChI=1S/C11H19N3S/c1-8(2)14-6-4-9-10(7-14)15-11(13-9)3-5-12/h8H,3-7,12H2,1-2H3. The van der Waals surface area contributed by atoms with Crippen LogP contribution in [0.25, 0.3) is 0 Å². The highest BCUT2D eigenvalue weighted by atomic mass is 32.1. The van der Waals surface area contributed by atoms with Crippen molar-refractivity contribution in [1.29, 1.82) is 0 Å². The highest BCUT2D eigenvalue weighted by molar-refractivity contribution is 7.11. The maximum Gasteiger partial charge on any atom is 0.0944 e. The lowest BCUT2D eigenvalue weighted by molar-refractivity contribution is 0.205. The molecule has 0 amide bonds. The van der Waals surface area contributed by atoms with Crippen LogP contribution in [0.15, 0.2) is 0 Å². The van der Waals surface area contributed by atoms with Crippen LogP contribution in [0.5, 0.6) is 0 Å². The molecule has 2 N–H and O–H groups in total. The third kappa shape index (κ3) is 2.38. The molecule has 0 aliphatic carbocycles. The van der Waals surface area contributed by atoms with Gasteiger partial charge < -0.3 is 5.73 Å². The minimum atomic E-state index is 0.637. The van der Waals surface area contributed by atoms with Gasteiger partial charge in [0.05, 0.1) is 10.7 Å². The van der Waals surface area contributed by atoms with Crippen molar-refractivity contribution in [1.82, 2.24) is 9.88 Å². The van der Waals surface area contributed by atoms with Crippen LogP contribution in [0, 0.1) is 0 Å². The fraction of sp³-hybridized carbons (Fsp3) is 0.727. The van der Waals surface area contributed by atoms with E-state index in [2.05, 4.69) is 23.7 Å². The molecule has 1 aliphatic rings. The largest absolute Gasteiger partial charge is 0.330 e. The normalized spacial score (nSPS) is 17.1. The van der Waals surface area contributed by atoms with Crippen molar-refractivity contribution in [3.8, 4) is 0 Å². The van der Waals surface area contributed by atoms with Gasteiger partial charge in [0, 0.05) is 36.9 Å². The second-order valence-corrected chi connectivity index (χ2v) is 5.50. The van der Waals surface area contributed by atoms with Crippen molar-refractivity contribution in [3.05, 3.63) is 15.6 Å². The van der Waals surface area contributed by atoms with Crippen LogP contribution < -0.4 is 5.73 Å². The molecule has 0 spiro atoms. The van der Waals surface area contributed by atoms with Gasteiger partial charge in [-0.15, -0.1) is 11.3 Å². The minimum absolute atomic E-state index is 0.637. The minimum Gasteiger partial charge on any atom is -0.330 e. The summed E-state index contributed by atoms with van der Waals surface area (Å²) in [7, 11) is 0. The topological polar surface area (TPSA) is 42.2 Å². The molecule has 0 saturated carbocycles. The number of nitrogens with zero attached hydrogens (tertiary/aromatic N) is 2. The van der Waals surface area contributed by atoms with Crippen LogP contribution in [0.4, 0.5) is 0 Å². The Morgan fingerprint density at radius 1 is 1.53 bits per heavy atom.